The van der Waals surface area contributed by atoms with Gasteiger partial charge in [0.15, 0.2) is 11.0 Å². The molecule has 0 aliphatic heterocycles. The fourth-order valence-electron chi connectivity index (χ4n) is 1.18. The van der Waals surface area contributed by atoms with Gasteiger partial charge in [-0.05, 0) is 26.0 Å². The van der Waals surface area contributed by atoms with Crippen LogP contribution in [0.3, 0.4) is 0 Å². The molecule has 1 atom stereocenters. The quantitative estimate of drug-likeness (QED) is 0.824. The number of halogens is 1. The zero-order valence-electron chi connectivity index (χ0n) is 8.31. The van der Waals surface area contributed by atoms with E-state index in [1.54, 1.807) is 19.1 Å². The van der Waals surface area contributed by atoms with Gasteiger partial charge in [-0.2, -0.15) is 0 Å². The summed E-state index contributed by atoms with van der Waals surface area (Å²) < 4.78 is 0. The summed E-state index contributed by atoms with van der Waals surface area (Å²) in [6, 6.07) is 3.48. The van der Waals surface area contributed by atoms with Gasteiger partial charge in [0.25, 0.3) is 0 Å². The average Bonchev–Trinajstić information content (AvgIpc) is 2.15. The summed E-state index contributed by atoms with van der Waals surface area (Å²) in [6.07, 6.45) is -0.382. The van der Waals surface area contributed by atoms with Gasteiger partial charge >= 0.3 is 0 Å². The maximum atomic E-state index is 9.25. The van der Waals surface area contributed by atoms with Crippen LogP contribution in [0.25, 0.3) is 0 Å². The maximum absolute atomic E-state index is 9.25. The molecule has 1 aromatic heterocycles. The minimum Gasteiger partial charge on any atom is -0.392 e. The first kappa shape index (κ1) is 11.2. The summed E-state index contributed by atoms with van der Waals surface area (Å²) in [4.78, 5) is 1.94. The molecule has 0 radical (unpaired) electrons. The third-order valence-electron chi connectivity index (χ3n) is 1.81. The molecule has 0 aliphatic rings. The molecule has 1 aromatic rings. The van der Waals surface area contributed by atoms with Crippen molar-refractivity contribution in [2.75, 3.05) is 18.0 Å². The predicted octanol–water partition coefficient (Wildman–Crippen LogP) is 1.34. The topological polar surface area (TPSA) is 49.2 Å². The van der Waals surface area contributed by atoms with Gasteiger partial charge in [-0.15, -0.1) is 10.2 Å². The van der Waals surface area contributed by atoms with Crippen molar-refractivity contribution in [3.63, 3.8) is 0 Å². The van der Waals surface area contributed by atoms with E-state index in [1.807, 2.05) is 11.8 Å². The summed E-state index contributed by atoms with van der Waals surface area (Å²) in [5, 5.41) is 17.3. The number of aliphatic hydroxyl groups excluding tert-OH is 1. The van der Waals surface area contributed by atoms with Crippen molar-refractivity contribution in [2.24, 2.45) is 0 Å². The number of aromatic nitrogens is 2. The molecular weight excluding hydrogens is 202 g/mol. The van der Waals surface area contributed by atoms with E-state index in [-0.39, 0.29) is 6.10 Å². The molecule has 5 heteroatoms. The number of nitrogens with zero attached hydrogens (tertiary/aromatic N) is 3. The molecule has 0 fully saturated rings. The monoisotopic (exact) mass is 215 g/mol. The van der Waals surface area contributed by atoms with Gasteiger partial charge in [-0.25, -0.2) is 0 Å². The Hall–Kier alpha value is -0.870. The molecule has 1 N–H and O–H groups in total. The van der Waals surface area contributed by atoms with E-state index < -0.39 is 0 Å². The van der Waals surface area contributed by atoms with E-state index >= 15 is 0 Å². The average molecular weight is 216 g/mol. The highest BCUT2D eigenvalue weighted by molar-refractivity contribution is 6.29. The Morgan fingerprint density at radius 2 is 2.21 bits per heavy atom. The lowest BCUT2D eigenvalue weighted by Gasteiger charge is -2.22. The standard InChI is InChI=1S/C9H14ClN3O/c1-3-13(6-7(2)14)9-5-4-8(10)11-12-9/h4-5,7,14H,3,6H2,1-2H3. The SMILES string of the molecule is CCN(CC(C)O)c1ccc(Cl)nn1. The number of likely N-dealkylation sites (N-methyl/N-ethyl adjacent to an activating group) is 1. The van der Waals surface area contributed by atoms with Gasteiger partial charge in [-0.3, -0.25) is 0 Å². The number of anilines is 1. The summed E-state index contributed by atoms with van der Waals surface area (Å²) >= 11 is 5.62. The van der Waals surface area contributed by atoms with E-state index in [0.717, 1.165) is 12.4 Å². The van der Waals surface area contributed by atoms with Crippen LogP contribution in [0, 0.1) is 0 Å². The van der Waals surface area contributed by atoms with Crippen LogP contribution in [0.2, 0.25) is 5.15 Å². The summed E-state index contributed by atoms with van der Waals surface area (Å²) in [5.74, 6) is 0.734. The minimum atomic E-state index is -0.382. The van der Waals surface area contributed by atoms with Crippen molar-refractivity contribution < 1.29 is 5.11 Å². The third kappa shape index (κ3) is 3.12. The van der Waals surface area contributed by atoms with Crippen LogP contribution in [0.15, 0.2) is 12.1 Å². The lowest BCUT2D eigenvalue weighted by Crippen LogP contribution is -2.31. The maximum Gasteiger partial charge on any atom is 0.151 e. The Kier molecular flexibility index (Phi) is 4.10. The van der Waals surface area contributed by atoms with Gasteiger partial charge < -0.3 is 10.0 Å². The van der Waals surface area contributed by atoms with Crippen molar-refractivity contribution in [1.29, 1.82) is 0 Å². The number of hydrogen-bond acceptors (Lipinski definition) is 4. The second kappa shape index (κ2) is 5.12. The van der Waals surface area contributed by atoms with Crippen LogP contribution in [-0.2, 0) is 0 Å². The molecule has 0 aromatic carbocycles. The Morgan fingerprint density at radius 1 is 1.50 bits per heavy atom. The lowest BCUT2D eigenvalue weighted by molar-refractivity contribution is 0.200. The Morgan fingerprint density at radius 3 is 2.64 bits per heavy atom. The zero-order valence-corrected chi connectivity index (χ0v) is 9.07. The molecule has 1 heterocycles. The van der Waals surface area contributed by atoms with Crippen molar-refractivity contribution in [1.82, 2.24) is 10.2 Å². The van der Waals surface area contributed by atoms with E-state index in [2.05, 4.69) is 10.2 Å². The normalized spacial score (nSPS) is 12.6. The molecule has 0 saturated carbocycles. The van der Waals surface area contributed by atoms with Crippen molar-refractivity contribution in [3.8, 4) is 0 Å². The van der Waals surface area contributed by atoms with E-state index in [0.29, 0.717) is 11.7 Å². The molecule has 4 nitrogen and oxygen atoms in total. The Bertz CT molecular complexity index is 276. The highest BCUT2D eigenvalue weighted by Gasteiger charge is 2.08. The first-order valence-corrected chi connectivity index (χ1v) is 4.93. The molecule has 0 bridgehead atoms. The van der Waals surface area contributed by atoms with Crippen LogP contribution in [0.4, 0.5) is 5.82 Å². The lowest BCUT2D eigenvalue weighted by atomic mass is 10.3. The molecular formula is C9H14ClN3O. The number of rotatable bonds is 4. The number of hydrogen-bond donors (Lipinski definition) is 1. The summed E-state index contributed by atoms with van der Waals surface area (Å²) in [5.41, 5.74) is 0. The Labute approximate surface area is 88.5 Å². The van der Waals surface area contributed by atoms with E-state index in [4.69, 9.17) is 11.6 Å². The highest BCUT2D eigenvalue weighted by Crippen LogP contribution is 2.11. The molecule has 0 spiro atoms. The van der Waals surface area contributed by atoms with Crippen LogP contribution in [0.1, 0.15) is 13.8 Å². The smallest absolute Gasteiger partial charge is 0.151 e. The first-order chi connectivity index (χ1) is 6.63. The molecule has 0 aliphatic carbocycles. The predicted molar refractivity (Wildman–Crippen MR) is 56.6 cm³/mol. The van der Waals surface area contributed by atoms with Crippen molar-refractivity contribution >= 4 is 17.4 Å². The molecule has 14 heavy (non-hydrogen) atoms. The molecule has 1 rings (SSSR count). The first-order valence-electron chi connectivity index (χ1n) is 4.55. The van der Waals surface area contributed by atoms with Crippen LogP contribution in [-0.4, -0.2) is 34.5 Å². The highest BCUT2D eigenvalue weighted by atomic mass is 35.5. The van der Waals surface area contributed by atoms with Crippen LogP contribution in [0.5, 0.6) is 0 Å². The fourth-order valence-corrected chi connectivity index (χ4v) is 1.28. The van der Waals surface area contributed by atoms with Gasteiger partial charge in [0.1, 0.15) is 0 Å². The number of aliphatic hydroxyl groups is 1. The molecule has 0 saturated heterocycles. The second-order valence-corrected chi connectivity index (χ2v) is 3.49. The summed E-state index contributed by atoms with van der Waals surface area (Å²) in [7, 11) is 0. The molecule has 1 unspecified atom stereocenters. The largest absolute Gasteiger partial charge is 0.392 e. The van der Waals surface area contributed by atoms with Crippen LogP contribution >= 0.6 is 11.6 Å². The zero-order chi connectivity index (χ0) is 10.6. The van der Waals surface area contributed by atoms with E-state index in [9.17, 15) is 5.11 Å². The molecule has 0 amide bonds. The van der Waals surface area contributed by atoms with Gasteiger partial charge in [0, 0.05) is 13.1 Å². The van der Waals surface area contributed by atoms with Crippen molar-refractivity contribution in [2.45, 2.75) is 20.0 Å². The minimum absolute atomic E-state index is 0.377. The molecule has 78 valence electrons. The fraction of sp³-hybridized carbons (Fsp3) is 0.556. The van der Waals surface area contributed by atoms with E-state index in [1.165, 1.54) is 0 Å². The van der Waals surface area contributed by atoms with Gasteiger partial charge in [-0.1, -0.05) is 11.6 Å². The van der Waals surface area contributed by atoms with Crippen molar-refractivity contribution in [3.05, 3.63) is 17.3 Å². The third-order valence-corrected chi connectivity index (χ3v) is 2.01. The van der Waals surface area contributed by atoms with Crippen LogP contribution < -0.4 is 4.90 Å². The van der Waals surface area contributed by atoms with Gasteiger partial charge in [0.2, 0.25) is 0 Å². The summed E-state index contributed by atoms with van der Waals surface area (Å²) in [6.45, 7) is 5.07. The Balaban J connectivity index is 2.73. The van der Waals surface area contributed by atoms with Gasteiger partial charge in [0.05, 0.1) is 6.10 Å². The second-order valence-electron chi connectivity index (χ2n) is 3.10.